The standard InChI is InChI=1S/C33H38F4N6O3/c1-18(23-4-3-5-25(26(23)34)33(35,36)37)38-28-24-16-43(22-10-13-41(14-11-22)29(44)20-6-7-20)31(46)32(27(24)39-19(2)40-28)12-15-42(17-32)30(45)21-8-9-21/h3-5,18,20-22H,6-17H2,1-2H3,(H,38,39,40)/t18-,32?/m1/s1. The normalized spacial score (nSPS) is 24.4. The monoisotopic (exact) mass is 642 g/mol. The fraction of sp³-hybridized carbons (Fsp3) is 0.606. The summed E-state index contributed by atoms with van der Waals surface area (Å²) in [5, 5.41) is 3.17. The fourth-order valence-corrected chi connectivity index (χ4v) is 7.50. The van der Waals surface area contributed by atoms with E-state index in [-0.39, 0.29) is 54.3 Å². The molecule has 1 N–H and O–H groups in total. The lowest BCUT2D eigenvalue weighted by atomic mass is 9.75. The van der Waals surface area contributed by atoms with Crippen molar-refractivity contribution in [3.8, 4) is 0 Å². The summed E-state index contributed by atoms with van der Waals surface area (Å²) in [6.45, 7) is 5.13. The maximum absolute atomic E-state index is 15.2. The van der Waals surface area contributed by atoms with Crippen LogP contribution in [0.3, 0.4) is 0 Å². The van der Waals surface area contributed by atoms with Crippen LogP contribution in [0.4, 0.5) is 23.4 Å². The van der Waals surface area contributed by atoms with Gasteiger partial charge >= 0.3 is 6.18 Å². The number of carbonyl (C=O) groups is 3. The first-order valence-electron chi connectivity index (χ1n) is 16.3. The Labute approximate surface area is 264 Å². The Morgan fingerprint density at radius 3 is 2.26 bits per heavy atom. The van der Waals surface area contributed by atoms with E-state index < -0.39 is 29.0 Å². The number of aromatic nitrogens is 2. The number of piperidine rings is 1. The molecular formula is C33H38F4N6O3. The second-order valence-electron chi connectivity index (χ2n) is 13.6. The molecule has 2 saturated carbocycles. The Hall–Kier alpha value is -3.77. The van der Waals surface area contributed by atoms with Crippen molar-refractivity contribution in [1.29, 1.82) is 0 Å². The third kappa shape index (κ3) is 5.38. The summed E-state index contributed by atoms with van der Waals surface area (Å²) in [4.78, 5) is 55.4. The molecule has 3 amide bonds. The molecule has 4 heterocycles. The number of rotatable bonds is 6. The minimum atomic E-state index is -4.84. The largest absolute Gasteiger partial charge is 0.419 e. The highest BCUT2D eigenvalue weighted by molar-refractivity contribution is 5.93. The number of anilines is 1. The summed E-state index contributed by atoms with van der Waals surface area (Å²) in [6, 6.07) is 2.17. The number of aryl methyl sites for hydroxylation is 1. The zero-order valence-corrected chi connectivity index (χ0v) is 26.0. The Morgan fingerprint density at radius 2 is 1.63 bits per heavy atom. The van der Waals surface area contributed by atoms with Crippen LogP contribution in [-0.2, 0) is 32.5 Å². The molecular weight excluding hydrogens is 604 g/mol. The molecule has 0 bridgehead atoms. The van der Waals surface area contributed by atoms with Gasteiger partial charge in [-0.2, -0.15) is 13.2 Å². The lowest BCUT2D eigenvalue weighted by Gasteiger charge is -2.46. The molecule has 2 saturated heterocycles. The van der Waals surface area contributed by atoms with Crippen LogP contribution in [0.25, 0.3) is 0 Å². The smallest absolute Gasteiger partial charge is 0.363 e. The molecule has 1 unspecified atom stereocenters. The van der Waals surface area contributed by atoms with Crippen LogP contribution in [0.1, 0.15) is 86.1 Å². The first-order chi connectivity index (χ1) is 21.9. The predicted molar refractivity (Wildman–Crippen MR) is 159 cm³/mol. The third-order valence-electron chi connectivity index (χ3n) is 10.4. The van der Waals surface area contributed by atoms with E-state index in [1.807, 2.05) is 9.80 Å². The van der Waals surface area contributed by atoms with Crippen molar-refractivity contribution in [2.75, 3.05) is 31.5 Å². The first-order valence-corrected chi connectivity index (χ1v) is 16.3. The molecule has 1 spiro atoms. The van der Waals surface area contributed by atoms with Gasteiger partial charge in [-0.05, 0) is 64.9 Å². The van der Waals surface area contributed by atoms with Crippen LogP contribution in [0.15, 0.2) is 18.2 Å². The highest BCUT2D eigenvalue weighted by Crippen LogP contribution is 2.46. The number of benzene rings is 1. The van der Waals surface area contributed by atoms with E-state index in [1.165, 1.54) is 12.1 Å². The molecule has 7 rings (SSSR count). The van der Waals surface area contributed by atoms with E-state index in [9.17, 15) is 27.6 Å². The number of likely N-dealkylation sites (tertiary alicyclic amines) is 2. The lowest BCUT2D eigenvalue weighted by Crippen LogP contribution is -2.58. The van der Waals surface area contributed by atoms with E-state index in [1.54, 1.807) is 18.7 Å². The van der Waals surface area contributed by atoms with Crippen molar-refractivity contribution in [2.45, 2.75) is 89.0 Å². The predicted octanol–water partition coefficient (Wildman–Crippen LogP) is 4.74. The van der Waals surface area contributed by atoms with E-state index >= 15 is 4.39 Å². The zero-order chi connectivity index (χ0) is 32.5. The van der Waals surface area contributed by atoms with Gasteiger partial charge in [0.1, 0.15) is 22.9 Å². The summed E-state index contributed by atoms with van der Waals surface area (Å²) in [6.07, 6.45) is 0.313. The van der Waals surface area contributed by atoms with Gasteiger partial charge in [0.05, 0.1) is 23.8 Å². The number of fused-ring (bicyclic) bond motifs is 2. The average molecular weight is 643 g/mol. The summed E-state index contributed by atoms with van der Waals surface area (Å²) in [5.74, 6) is -0.414. The molecule has 5 aliphatic rings. The van der Waals surface area contributed by atoms with Gasteiger partial charge in [-0.25, -0.2) is 14.4 Å². The van der Waals surface area contributed by atoms with E-state index in [0.717, 1.165) is 25.7 Å². The average Bonchev–Trinajstić information content (AvgIpc) is 3.96. The number of hydrogen-bond donors (Lipinski definition) is 1. The number of nitrogens with one attached hydrogen (secondary N) is 1. The highest BCUT2D eigenvalue weighted by atomic mass is 19.4. The maximum atomic E-state index is 15.2. The molecule has 3 aliphatic heterocycles. The first kappa shape index (κ1) is 30.9. The topological polar surface area (TPSA) is 98.7 Å². The number of amides is 3. The Morgan fingerprint density at radius 1 is 0.978 bits per heavy atom. The summed E-state index contributed by atoms with van der Waals surface area (Å²) < 4.78 is 55.7. The van der Waals surface area contributed by atoms with Gasteiger partial charge < -0.3 is 20.0 Å². The Balaban J connectivity index is 1.23. The molecule has 46 heavy (non-hydrogen) atoms. The molecule has 13 heteroatoms. The van der Waals surface area contributed by atoms with Gasteiger partial charge in [0.25, 0.3) is 0 Å². The lowest BCUT2D eigenvalue weighted by molar-refractivity contribution is -0.144. The van der Waals surface area contributed by atoms with Gasteiger partial charge in [0.2, 0.25) is 17.7 Å². The van der Waals surface area contributed by atoms with E-state index in [2.05, 4.69) is 10.3 Å². The van der Waals surface area contributed by atoms with E-state index in [0.29, 0.717) is 67.9 Å². The molecule has 0 radical (unpaired) electrons. The second-order valence-corrected chi connectivity index (χ2v) is 13.6. The second kappa shape index (κ2) is 11.2. The SMILES string of the molecule is Cc1nc(N[C@H](C)c2cccc(C(F)(F)F)c2F)c2c(n1)C1(CCN(C(=O)C3CC3)C1)C(=O)N(C1CCN(C(=O)C3CC3)CC1)C2. The van der Waals surface area contributed by atoms with Crippen molar-refractivity contribution in [3.63, 3.8) is 0 Å². The summed E-state index contributed by atoms with van der Waals surface area (Å²) in [7, 11) is 0. The Bertz CT molecular complexity index is 1580. The molecule has 9 nitrogen and oxygen atoms in total. The Kier molecular flexibility index (Phi) is 7.51. The van der Waals surface area contributed by atoms with Crippen molar-refractivity contribution in [1.82, 2.24) is 24.7 Å². The zero-order valence-electron chi connectivity index (χ0n) is 26.0. The molecule has 4 fully saturated rings. The van der Waals surface area contributed by atoms with Crippen molar-refractivity contribution >= 4 is 23.5 Å². The molecule has 2 aromatic rings. The number of alkyl halides is 3. The van der Waals surface area contributed by atoms with Gasteiger partial charge in [-0.1, -0.05) is 12.1 Å². The molecule has 1 aromatic heterocycles. The molecule has 2 aliphatic carbocycles. The number of nitrogens with zero attached hydrogens (tertiary/aromatic N) is 5. The van der Waals surface area contributed by atoms with Crippen LogP contribution < -0.4 is 5.32 Å². The highest BCUT2D eigenvalue weighted by Gasteiger charge is 2.56. The third-order valence-corrected chi connectivity index (χ3v) is 10.4. The van der Waals surface area contributed by atoms with Crippen LogP contribution in [0, 0.1) is 24.6 Å². The number of halogens is 4. The van der Waals surface area contributed by atoms with Crippen molar-refractivity contribution < 1.29 is 31.9 Å². The van der Waals surface area contributed by atoms with Gasteiger partial charge in [-0.3, -0.25) is 14.4 Å². The van der Waals surface area contributed by atoms with Gasteiger partial charge in [0, 0.05) is 55.2 Å². The minimum Gasteiger partial charge on any atom is -0.363 e. The molecule has 1 aromatic carbocycles. The number of hydrogen-bond acceptors (Lipinski definition) is 6. The van der Waals surface area contributed by atoms with Crippen LogP contribution in [-0.4, -0.2) is 74.6 Å². The summed E-state index contributed by atoms with van der Waals surface area (Å²) >= 11 is 0. The van der Waals surface area contributed by atoms with Crippen molar-refractivity contribution in [3.05, 3.63) is 52.2 Å². The molecule has 246 valence electrons. The number of carbonyl (C=O) groups excluding carboxylic acids is 3. The molecule has 2 atom stereocenters. The fourth-order valence-electron chi connectivity index (χ4n) is 7.50. The van der Waals surface area contributed by atoms with Crippen LogP contribution in [0.5, 0.6) is 0 Å². The van der Waals surface area contributed by atoms with Gasteiger partial charge in [0.15, 0.2) is 0 Å². The van der Waals surface area contributed by atoms with Gasteiger partial charge in [-0.15, -0.1) is 0 Å². The maximum Gasteiger partial charge on any atom is 0.419 e. The quantitative estimate of drug-likeness (QED) is 0.458. The van der Waals surface area contributed by atoms with Crippen LogP contribution in [0.2, 0.25) is 0 Å². The van der Waals surface area contributed by atoms with Crippen molar-refractivity contribution in [2.24, 2.45) is 11.8 Å². The van der Waals surface area contributed by atoms with Crippen LogP contribution >= 0.6 is 0 Å². The van der Waals surface area contributed by atoms with E-state index in [4.69, 9.17) is 4.98 Å². The minimum absolute atomic E-state index is 0.00896. The summed E-state index contributed by atoms with van der Waals surface area (Å²) in [5.41, 5.74) is -1.45.